The Hall–Kier alpha value is -3.98. The molecule has 0 spiro atoms. The largest absolute Gasteiger partial charge is 0.479 e. The maximum Gasteiger partial charge on any atom is 0.334 e. The van der Waals surface area contributed by atoms with Gasteiger partial charge in [-0.15, -0.1) is 0 Å². The molecule has 9 heteroatoms. The van der Waals surface area contributed by atoms with Crippen LogP contribution in [0.1, 0.15) is 45.7 Å². The lowest BCUT2D eigenvalue weighted by Crippen LogP contribution is -2.64. The summed E-state index contributed by atoms with van der Waals surface area (Å²) in [5, 5.41) is 22.8. The van der Waals surface area contributed by atoms with Crippen molar-refractivity contribution in [2.45, 2.75) is 59.2 Å². The second-order valence-electron chi connectivity index (χ2n) is 10.0. The van der Waals surface area contributed by atoms with Crippen LogP contribution >= 0.6 is 0 Å². The average Bonchev–Trinajstić information content (AvgIpc) is 2.88. The molecule has 0 radical (unpaired) electrons. The Kier molecular flexibility index (Phi) is 9.06. The SMILES string of the molecule is CC(=O)N([C@@H](Cc1ccccc1)C(O)C(=O)O)N1C(=O)C(C(C)C)N(C(=O)C(C)C)C=C1c1ccccc1. The van der Waals surface area contributed by atoms with Gasteiger partial charge in [0.1, 0.15) is 6.04 Å². The lowest BCUT2D eigenvalue weighted by atomic mass is 9.95. The second kappa shape index (κ2) is 12.0. The predicted octanol–water partition coefficient (Wildman–Crippen LogP) is 3.16. The Morgan fingerprint density at radius 1 is 0.947 bits per heavy atom. The van der Waals surface area contributed by atoms with Crippen LogP contribution in [0.4, 0.5) is 0 Å². The quantitative estimate of drug-likeness (QED) is 0.523. The minimum Gasteiger partial charge on any atom is -0.479 e. The standard InChI is InChI=1S/C29H35N3O6/c1-18(2)25-28(36)32(24(22-14-10-7-11-15-22)17-30(25)27(35)19(3)4)31(20(5)33)23(26(34)29(37)38)16-21-12-8-6-9-13-21/h6-15,17-19,23,25-26,34H,16H2,1-5H3,(H,37,38)/t23-,25?,26?/m0/s1. The summed E-state index contributed by atoms with van der Waals surface area (Å²) in [6.45, 7) is 8.31. The van der Waals surface area contributed by atoms with Crippen LogP contribution in [0.15, 0.2) is 66.9 Å². The molecule has 1 aliphatic rings. The number of aliphatic carboxylic acids is 1. The summed E-state index contributed by atoms with van der Waals surface area (Å²) in [5.74, 6) is -3.71. The van der Waals surface area contributed by atoms with Crippen LogP contribution in [-0.2, 0) is 25.6 Å². The van der Waals surface area contributed by atoms with Crippen molar-refractivity contribution in [3.63, 3.8) is 0 Å². The Bertz CT molecular complexity index is 1200. The molecule has 0 fully saturated rings. The molecule has 2 N–H and O–H groups in total. The molecule has 2 unspecified atom stereocenters. The Morgan fingerprint density at radius 2 is 1.50 bits per heavy atom. The van der Waals surface area contributed by atoms with E-state index >= 15 is 0 Å². The number of hydrazine groups is 1. The molecule has 1 heterocycles. The third kappa shape index (κ3) is 5.94. The van der Waals surface area contributed by atoms with Crippen LogP contribution in [0.3, 0.4) is 0 Å². The van der Waals surface area contributed by atoms with Crippen molar-refractivity contribution in [2.24, 2.45) is 11.8 Å². The van der Waals surface area contributed by atoms with Crippen molar-refractivity contribution >= 4 is 29.4 Å². The van der Waals surface area contributed by atoms with Gasteiger partial charge in [-0.05, 0) is 17.9 Å². The fraction of sp³-hybridized carbons (Fsp3) is 0.379. The van der Waals surface area contributed by atoms with Gasteiger partial charge in [-0.25, -0.2) is 14.8 Å². The highest BCUT2D eigenvalue weighted by Gasteiger charge is 2.47. The minimum atomic E-state index is -1.99. The van der Waals surface area contributed by atoms with Crippen LogP contribution < -0.4 is 0 Å². The maximum absolute atomic E-state index is 14.3. The number of aliphatic hydroxyl groups excluding tert-OH is 1. The predicted molar refractivity (Wildman–Crippen MR) is 142 cm³/mol. The first-order valence-electron chi connectivity index (χ1n) is 12.6. The molecule has 3 amide bonds. The fourth-order valence-corrected chi connectivity index (χ4v) is 4.64. The molecule has 9 nitrogen and oxygen atoms in total. The molecule has 0 bridgehead atoms. The molecule has 1 aliphatic heterocycles. The molecule has 202 valence electrons. The summed E-state index contributed by atoms with van der Waals surface area (Å²) in [6.07, 6.45) is -0.468. The first-order valence-corrected chi connectivity index (χ1v) is 12.6. The van der Waals surface area contributed by atoms with Crippen LogP contribution in [0, 0.1) is 11.8 Å². The molecule has 2 aromatic rings. The molecule has 3 atom stereocenters. The van der Waals surface area contributed by atoms with E-state index in [2.05, 4.69) is 0 Å². The first kappa shape index (κ1) is 28.6. The lowest BCUT2D eigenvalue weighted by molar-refractivity contribution is -0.175. The molecule has 2 aromatic carbocycles. The van der Waals surface area contributed by atoms with Gasteiger partial charge < -0.3 is 15.1 Å². The number of carboxylic acids is 1. The van der Waals surface area contributed by atoms with Crippen molar-refractivity contribution in [2.75, 3.05) is 0 Å². The van der Waals surface area contributed by atoms with Gasteiger partial charge in [-0.2, -0.15) is 0 Å². The van der Waals surface area contributed by atoms with Gasteiger partial charge in [0.25, 0.3) is 5.91 Å². The number of nitrogens with zero attached hydrogens (tertiary/aromatic N) is 3. The van der Waals surface area contributed by atoms with Gasteiger partial charge in [-0.1, -0.05) is 88.4 Å². The number of carboxylic acid groups (broad SMARTS) is 1. The van der Waals surface area contributed by atoms with Crippen LogP contribution in [-0.4, -0.2) is 67.0 Å². The van der Waals surface area contributed by atoms with Gasteiger partial charge >= 0.3 is 5.97 Å². The van der Waals surface area contributed by atoms with E-state index < -0.39 is 41.9 Å². The summed E-state index contributed by atoms with van der Waals surface area (Å²) < 4.78 is 0. The number of hydrogen-bond donors (Lipinski definition) is 2. The smallest absolute Gasteiger partial charge is 0.334 e. The second-order valence-corrected chi connectivity index (χ2v) is 10.0. The van der Waals surface area contributed by atoms with E-state index in [9.17, 15) is 29.4 Å². The number of aliphatic hydroxyl groups is 1. The Labute approximate surface area is 222 Å². The minimum absolute atomic E-state index is 0.0271. The zero-order valence-electron chi connectivity index (χ0n) is 22.3. The first-order chi connectivity index (χ1) is 18.0. The average molecular weight is 522 g/mol. The molecule has 0 saturated carbocycles. The summed E-state index contributed by atoms with van der Waals surface area (Å²) >= 11 is 0. The molecular formula is C29H35N3O6. The monoisotopic (exact) mass is 521 g/mol. The van der Waals surface area contributed by atoms with Gasteiger partial charge in [0, 0.05) is 24.6 Å². The van der Waals surface area contributed by atoms with Crippen LogP contribution in [0.2, 0.25) is 0 Å². The number of carbonyl (C=O) groups excluding carboxylic acids is 3. The highest BCUT2D eigenvalue weighted by atomic mass is 16.4. The third-order valence-corrected chi connectivity index (χ3v) is 6.46. The van der Waals surface area contributed by atoms with Crippen LogP contribution in [0.25, 0.3) is 5.70 Å². The van der Waals surface area contributed by atoms with Crippen molar-refractivity contribution < 1.29 is 29.4 Å². The van der Waals surface area contributed by atoms with E-state index in [4.69, 9.17) is 0 Å². The summed E-state index contributed by atoms with van der Waals surface area (Å²) in [5.41, 5.74) is 1.45. The maximum atomic E-state index is 14.3. The Morgan fingerprint density at radius 3 is 1.97 bits per heavy atom. The lowest BCUT2D eigenvalue weighted by Gasteiger charge is -2.48. The van der Waals surface area contributed by atoms with E-state index in [1.807, 2.05) is 0 Å². The third-order valence-electron chi connectivity index (χ3n) is 6.46. The fourth-order valence-electron chi connectivity index (χ4n) is 4.64. The molecule has 3 rings (SSSR count). The molecule has 0 aromatic heterocycles. The van der Waals surface area contributed by atoms with E-state index in [0.717, 1.165) is 10.0 Å². The number of amides is 3. The normalized spacial score (nSPS) is 17.3. The van der Waals surface area contributed by atoms with Gasteiger partial charge in [0.15, 0.2) is 6.10 Å². The number of benzene rings is 2. The highest BCUT2D eigenvalue weighted by Crippen LogP contribution is 2.34. The van der Waals surface area contributed by atoms with E-state index in [-0.39, 0.29) is 23.9 Å². The van der Waals surface area contributed by atoms with Crippen molar-refractivity contribution in [1.29, 1.82) is 0 Å². The van der Waals surface area contributed by atoms with E-state index in [1.165, 1.54) is 11.8 Å². The topological polar surface area (TPSA) is 118 Å². The van der Waals surface area contributed by atoms with Crippen molar-refractivity contribution in [1.82, 2.24) is 14.9 Å². The van der Waals surface area contributed by atoms with Crippen LogP contribution in [0.5, 0.6) is 0 Å². The number of hydrogen-bond acceptors (Lipinski definition) is 5. The molecule has 0 aliphatic carbocycles. The van der Waals surface area contributed by atoms with E-state index in [0.29, 0.717) is 11.1 Å². The van der Waals surface area contributed by atoms with Crippen molar-refractivity contribution in [3.8, 4) is 0 Å². The Balaban J connectivity index is 2.27. The zero-order chi connectivity index (χ0) is 28.1. The summed E-state index contributed by atoms with van der Waals surface area (Å²) in [6, 6.07) is 15.4. The number of carbonyl (C=O) groups is 4. The van der Waals surface area contributed by atoms with Gasteiger partial charge in [0.2, 0.25) is 11.8 Å². The molecule has 38 heavy (non-hydrogen) atoms. The molecule has 0 saturated heterocycles. The van der Waals surface area contributed by atoms with Gasteiger partial charge in [-0.3, -0.25) is 14.4 Å². The zero-order valence-corrected chi connectivity index (χ0v) is 22.3. The summed E-state index contributed by atoms with van der Waals surface area (Å²) in [4.78, 5) is 54.1. The van der Waals surface area contributed by atoms with E-state index in [1.54, 1.807) is 94.6 Å². The summed E-state index contributed by atoms with van der Waals surface area (Å²) in [7, 11) is 0. The number of rotatable bonds is 9. The van der Waals surface area contributed by atoms with Gasteiger partial charge in [0.05, 0.1) is 11.7 Å². The molecular weight excluding hydrogens is 486 g/mol. The highest BCUT2D eigenvalue weighted by molar-refractivity contribution is 5.99. The van der Waals surface area contributed by atoms with Crippen molar-refractivity contribution in [3.05, 3.63) is 78.0 Å².